The van der Waals surface area contributed by atoms with Gasteiger partial charge in [-0.2, -0.15) is 5.10 Å². The van der Waals surface area contributed by atoms with E-state index >= 15 is 0 Å². The number of carbonyl (C=O) groups excluding carboxylic acids is 2. The number of carbonyl (C=O) groups is 2. The Kier molecular flexibility index (Phi) is 6.16. The molecule has 3 rings (SSSR count). The smallest absolute Gasteiger partial charge is 0.241 e. The molecule has 0 unspecified atom stereocenters. The van der Waals surface area contributed by atoms with E-state index in [1.807, 2.05) is 10.9 Å². The summed E-state index contributed by atoms with van der Waals surface area (Å²) in [6, 6.07) is 0. The van der Waals surface area contributed by atoms with E-state index in [1.54, 1.807) is 19.0 Å². The Morgan fingerprint density at radius 2 is 2.04 bits per heavy atom. The van der Waals surface area contributed by atoms with Gasteiger partial charge in [-0.3, -0.25) is 19.2 Å². The molecular weight excluding hydrogens is 346 g/mol. The molecular formula is C19H31N5O3. The number of piperidine rings is 1. The van der Waals surface area contributed by atoms with Crippen molar-refractivity contribution in [3.8, 4) is 0 Å². The molecule has 0 radical (unpaired) electrons. The third-order valence-electron chi connectivity index (χ3n) is 5.60. The molecule has 2 aliphatic heterocycles. The van der Waals surface area contributed by atoms with Crippen LogP contribution in [0, 0.1) is 0 Å². The molecule has 0 aliphatic carbocycles. The Balaban J connectivity index is 1.54. The van der Waals surface area contributed by atoms with Gasteiger partial charge in [0.15, 0.2) is 0 Å². The highest BCUT2D eigenvalue weighted by Crippen LogP contribution is 2.32. The number of aryl methyl sites for hydroxylation is 1. The molecule has 0 atom stereocenters. The Hall–Kier alpha value is -1.93. The molecule has 2 amide bonds. The molecule has 1 aromatic heterocycles. The normalized spacial score (nSPS) is 20.7. The van der Waals surface area contributed by atoms with Crippen LogP contribution in [0.15, 0.2) is 12.4 Å². The van der Waals surface area contributed by atoms with Crippen LogP contribution in [-0.4, -0.2) is 88.8 Å². The Bertz CT molecular complexity index is 664. The minimum absolute atomic E-state index is 0.0281. The highest BCUT2D eigenvalue weighted by Gasteiger charge is 2.40. The van der Waals surface area contributed by atoms with Gasteiger partial charge in [-0.05, 0) is 19.8 Å². The van der Waals surface area contributed by atoms with Gasteiger partial charge in [-0.1, -0.05) is 0 Å². The summed E-state index contributed by atoms with van der Waals surface area (Å²) in [5, 5.41) is 4.33. The molecule has 0 bridgehead atoms. The maximum Gasteiger partial charge on any atom is 0.241 e. The molecule has 2 saturated heterocycles. The van der Waals surface area contributed by atoms with Crippen LogP contribution >= 0.6 is 0 Å². The third-order valence-corrected chi connectivity index (χ3v) is 5.60. The van der Waals surface area contributed by atoms with Crippen LogP contribution in [0.1, 0.15) is 31.7 Å². The number of likely N-dealkylation sites (tertiary alicyclic amines) is 1. The predicted octanol–water partition coefficient (Wildman–Crippen LogP) is 0.575. The second-order valence-corrected chi connectivity index (χ2v) is 7.79. The lowest BCUT2D eigenvalue weighted by Gasteiger charge is -2.40. The minimum Gasteiger partial charge on any atom is -0.373 e. The number of ether oxygens (including phenoxy) is 1. The van der Waals surface area contributed by atoms with Crippen LogP contribution in [-0.2, 0) is 27.4 Å². The molecule has 0 N–H and O–H groups in total. The summed E-state index contributed by atoms with van der Waals surface area (Å²) in [5.41, 5.74) is 0.843. The van der Waals surface area contributed by atoms with Gasteiger partial charge < -0.3 is 14.5 Å². The first-order chi connectivity index (χ1) is 12.9. The Morgan fingerprint density at radius 3 is 2.67 bits per heavy atom. The number of amides is 2. The van der Waals surface area contributed by atoms with Crippen LogP contribution in [0.5, 0.6) is 0 Å². The zero-order valence-corrected chi connectivity index (χ0v) is 16.7. The van der Waals surface area contributed by atoms with Crippen molar-refractivity contribution in [3.63, 3.8) is 0 Å². The summed E-state index contributed by atoms with van der Waals surface area (Å²) < 4.78 is 8.11. The van der Waals surface area contributed by atoms with E-state index in [-0.39, 0.29) is 24.0 Å². The Morgan fingerprint density at radius 1 is 1.30 bits per heavy atom. The van der Waals surface area contributed by atoms with Gasteiger partial charge in [-0.15, -0.1) is 0 Å². The van der Waals surface area contributed by atoms with E-state index in [0.717, 1.165) is 39.0 Å². The first-order valence-electron chi connectivity index (χ1n) is 9.76. The van der Waals surface area contributed by atoms with Gasteiger partial charge in [0.05, 0.1) is 31.4 Å². The van der Waals surface area contributed by atoms with Crippen molar-refractivity contribution >= 4 is 11.8 Å². The molecule has 0 aromatic carbocycles. The fourth-order valence-corrected chi connectivity index (χ4v) is 3.77. The van der Waals surface area contributed by atoms with Crippen molar-refractivity contribution in [2.75, 3.05) is 46.9 Å². The molecule has 1 spiro atoms. The number of likely N-dealkylation sites (N-methyl/N-ethyl adjacent to an activating group) is 1. The molecule has 1 aromatic rings. The molecule has 8 nitrogen and oxygen atoms in total. The largest absolute Gasteiger partial charge is 0.373 e. The summed E-state index contributed by atoms with van der Waals surface area (Å²) in [4.78, 5) is 30.2. The number of hydrogen-bond donors (Lipinski definition) is 0. The van der Waals surface area contributed by atoms with Crippen LogP contribution in [0.3, 0.4) is 0 Å². The van der Waals surface area contributed by atoms with E-state index in [4.69, 9.17) is 4.74 Å². The number of aromatic nitrogens is 2. The summed E-state index contributed by atoms with van der Waals surface area (Å²) in [7, 11) is 3.42. The van der Waals surface area contributed by atoms with Gasteiger partial charge in [0.25, 0.3) is 0 Å². The molecule has 2 fully saturated rings. The molecule has 27 heavy (non-hydrogen) atoms. The lowest BCUT2D eigenvalue weighted by molar-refractivity contribution is -0.140. The van der Waals surface area contributed by atoms with Crippen molar-refractivity contribution in [1.82, 2.24) is 24.5 Å². The topological polar surface area (TPSA) is 70.9 Å². The minimum atomic E-state index is -0.378. The first-order valence-corrected chi connectivity index (χ1v) is 9.76. The molecule has 2 aliphatic rings. The van der Waals surface area contributed by atoms with Crippen molar-refractivity contribution in [2.24, 2.45) is 0 Å². The summed E-state index contributed by atoms with van der Waals surface area (Å²) in [5.74, 6) is -0.0258. The van der Waals surface area contributed by atoms with Crippen molar-refractivity contribution in [3.05, 3.63) is 18.0 Å². The first kappa shape index (κ1) is 19.8. The highest BCUT2D eigenvalue weighted by molar-refractivity contribution is 5.85. The third kappa shape index (κ3) is 4.87. The van der Waals surface area contributed by atoms with Crippen LogP contribution in [0.2, 0.25) is 0 Å². The summed E-state index contributed by atoms with van der Waals surface area (Å²) in [6.45, 7) is 6.77. The lowest BCUT2D eigenvalue weighted by atomic mass is 9.87. The van der Waals surface area contributed by atoms with Gasteiger partial charge in [-0.25, -0.2) is 0 Å². The maximum atomic E-state index is 12.7. The Labute approximate surface area is 161 Å². The van der Waals surface area contributed by atoms with Crippen molar-refractivity contribution < 1.29 is 14.3 Å². The fourth-order valence-electron chi connectivity index (χ4n) is 3.77. The average Bonchev–Trinajstić information content (AvgIpc) is 3.04. The quantitative estimate of drug-likeness (QED) is 0.751. The van der Waals surface area contributed by atoms with Crippen LogP contribution in [0.4, 0.5) is 0 Å². The molecule has 8 heteroatoms. The second kappa shape index (κ2) is 8.39. The van der Waals surface area contributed by atoms with E-state index in [9.17, 15) is 9.59 Å². The maximum absolute atomic E-state index is 12.7. The summed E-state index contributed by atoms with van der Waals surface area (Å²) in [6.07, 6.45) is 6.08. The second-order valence-electron chi connectivity index (χ2n) is 7.79. The zero-order valence-electron chi connectivity index (χ0n) is 16.7. The van der Waals surface area contributed by atoms with Crippen molar-refractivity contribution in [2.45, 2.75) is 44.9 Å². The summed E-state index contributed by atoms with van der Waals surface area (Å²) >= 11 is 0. The van der Waals surface area contributed by atoms with Gasteiger partial charge in [0.1, 0.15) is 0 Å². The molecule has 150 valence electrons. The lowest BCUT2D eigenvalue weighted by Crippen LogP contribution is -2.47. The van der Waals surface area contributed by atoms with Gasteiger partial charge in [0, 0.05) is 58.6 Å². The van der Waals surface area contributed by atoms with E-state index in [2.05, 4.69) is 23.1 Å². The van der Waals surface area contributed by atoms with Gasteiger partial charge >= 0.3 is 0 Å². The van der Waals surface area contributed by atoms with Gasteiger partial charge in [0.2, 0.25) is 11.8 Å². The van der Waals surface area contributed by atoms with E-state index in [1.165, 1.54) is 10.5 Å². The van der Waals surface area contributed by atoms with E-state index < -0.39 is 0 Å². The fraction of sp³-hybridized carbons (Fsp3) is 0.737. The molecule has 0 saturated carbocycles. The monoisotopic (exact) mass is 377 g/mol. The van der Waals surface area contributed by atoms with Crippen molar-refractivity contribution in [1.29, 1.82) is 0 Å². The van der Waals surface area contributed by atoms with E-state index in [0.29, 0.717) is 19.6 Å². The van der Waals surface area contributed by atoms with Crippen LogP contribution in [0.25, 0.3) is 0 Å². The number of nitrogens with zero attached hydrogens (tertiary/aromatic N) is 5. The number of hydrogen-bond acceptors (Lipinski definition) is 5. The number of rotatable bonds is 5. The highest BCUT2D eigenvalue weighted by atomic mass is 16.5. The SMILES string of the molecule is CCn1cc(CN2CCC3(CC2)CC(=O)N(CC(=O)N(C)C)CCO3)cn1. The molecule has 3 heterocycles. The average molecular weight is 377 g/mol. The standard InChI is InChI=1S/C19H31N5O3/c1-4-24-14-16(12-20-24)13-22-7-5-19(6-8-22)11-17(25)23(9-10-27-19)15-18(26)21(2)3/h12,14H,4-11,13,15H2,1-3H3. The van der Waals surface area contributed by atoms with Crippen LogP contribution < -0.4 is 0 Å². The predicted molar refractivity (Wildman–Crippen MR) is 101 cm³/mol. The zero-order chi connectivity index (χ0) is 19.4.